The third-order valence-corrected chi connectivity index (χ3v) is 4.95. The van der Waals surface area contributed by atoms with E-state index in [1.165, 1.54) is 31.8 Å². The number of carbonyl (C=O) groups excluding carboxylic acids is 1. The summed E-state index contributed by atoms with van der Waals surface area (Å²) in [5.41, 5.74) is 5.95. The summed E-state index contributed by atoms with van der Waals surface area (Å²) >= 11 is 6.02. The van der Waals surface area contributed by atoms with Crippen molar-refractivity contribution in [3.63, 3.8) is 0 Å². The van der Waals surface area contributed by atoms with Gasteiger partial charge in [-0.05, 0) is 30.2 Å². The Labute approximate surface area is 170 Å². The van der Waals surface area contributed by atoms with E-state index in [0.29, 0.717) is 28.4 Å². The number of aromatic nitrogens is 3. The summed E-state index contributed by atoms with van der Waals surface area (Å²) in [5, 5.41) is 3.30. The number of halogens is 1. The van der Waals surface area contributed by atoms with E-state index in [0.717, 1.165) is 4.57 Å². The quantitative estimate of drug-likeness (QED) is 0.666. The molecule has 0 spiro atoms. The Balaban J connectivity index is 2.26. The van der Waals surface area contributed by atoms with Gasteiger partial charge in [-0.15, -0.1) is 0 Å². The number of hydrogen-bond acceptors (Lipinski definition) is 6. The number of nitrogen functional groups attached to an aromatic ring is 1. The maximum Gasteiger partial charge on any atom is 0.332 e. The number of fused-ring (bicyclic) bond motifs is 1. The number of ether oxygens (including phenoxy) is 1. The second-order valence-electron chi connectivity index (χ2n) is 6.41. The molecule has 0 aliphatic carbocycles. The molecule has 9 nitrogen and oxygen atoms in total. The van der Waals surface area contributed by atoms with Crippen LogP contribution in [0.15, 0.2) is 27.8 Å². The third-order valence-electron chi connectivity index (χ3n) is 4.71. The summed E-state index contributed by atoms with van der Waals surface area (Å²) < 4.78 is 7.45. The zero-order valence-electron chi connectivity index (χ0n) is 16.4. The van der Waals surface area contributed by atoms with Gasteiger partial charge in [-0.3, -0.25) is 18.7 Å². The highest BCUT2D eigenvalue weighted by molar-refractivity contribution is 6.31. The minimum atomic E-state index is -0.565. The van der Waals surface area contributed by atoms with Crippen molar-refractivity contribution in [3.05, 3.63) is 55.2 Å². The smallest absolute Gasteiger partial charge is 0.332 e. The minimum absolute atomic E-state index is 0.0674. The molecule has 152 valence electrons. The lowest BCUT2D eigenvalue weighted by Crippen LogP contribution is -2.38. The normalized spacial score (nSPS) is 10.9. The molecule has 2 aromatic heterocycles. The monoisotopic (exact) mass is 417 g/mol. The molecule has 3 rings (SSSR count). The van der Waals surface area contributed by atoms with Crippen LogP contribution in [0.3, 0.4) is 0 Å². The van der Waals surface area contributed by atoms with Gasteiger partial charge in [-0.2, -0.15) is 0 Å². The number of aryl methyl sites for hydroxylation is 2. The minimum Gasteiger partial charge on any atom is -0.495 e. The van der Waals surface area contributed by atoms with Crippen molar-refractivity contribution in [1.82, 2.24) is 14.1 Å². The first-order chi connectivity index (χ1) is 13.7. The number of anilines is 2. The fourth-order valence-electron chi connectivity index (χ4n) is 3.25. The van der Waals surface area contributed by atoms with Gasteiger partial charge in [-0.25, -0.2) is 9.78 Å². The van der Waals surface area contributed by atoms with E-state index in [9.17, 15) is 14.4 Å². The van der Waals surface area contributed by atoms with Crippen LogP contribution >= 0.6 is 11.6 Å². The van der Waals surface area contributed by atoms with E-state index >= 15 is 0 Å². The van der Waals surface area contributed by atoms with Gasteiger partial charge >= 0.3 is 5.69 Å². The van der Waals surface area contributed by atoms with Crippen LogP contribution < -0.4 is 27.0 Å². The maximum absolute atomic E-state index is 13.1. The Hall–Kier alpha value is -3.33. The molecule has 0 bridgehead atoms. The number of nitrogens with one attached hydrogen (secondary N) is 1. The topological polar surface area (TPSA) is 121 Å². The zero-order valence-corrected chi connectivity index (χ0v) is 17.1. The number of nitrogens with zero attached hydrogens (tertiary/aromatic N) is 3. The van der Waals surface area contributed by atoms with Crippen LogP contribution in [-0.2, 0) is 20.5 Å². The fraction of sp³-hybridized carbons (Fsp3) is 0.263. The van der Waals surface area contributed by atoms with Crippen LogP contribution in [0.25, 0.3) is 11.0 Å². The largest absolute Gasteiger partial charge is 0.495 e. The Kier molecular flexibility index (Phi) is 5.34. The van der Waals surface area contributed by atoms with Gasteiger partial charge < -0.3 is 15.8 Å². The lowest BCUT2D eigenvalue weighted by atomic mass is 10.0. The molecule has 0 fully saturated rings. The van der Waals surface area contributed by atoms with Gasteiger partial charge in [0.25, 0.3) is 11.5 Å². The predicted molar refractivity (Wildman–Crippen MR) is 112 cm³/mol. The Bertz CT molecular complexity index is 1260. The number of methoxy groups -OCH3 is 1. The fourth-order valence-corrected chi connectivity index (χ4v) is 3.42. The molecule has 3 N–H and O–H groups in total. The van der Waals surface area contributed by atoms with Crippen molar-refractivity contribution in [1.29, 1.82) is 0 Å². The molecule has 0 saturated heterocycles. The molecule has 0 aliphatic heterocycles. The second-order valence-corrected chi connectivity index (χ2v) is 6.84. The molecule has 10 heteroatoms. The Morgan fingerprint density at radius 2 is 1.97 bits per heavy atom. The Morgan fingerprint density at radius 3 is 2.59 bits per heavy atom. The summed E-state index contributed by atoms with van der Waals surface area (Å²) in [7, 11) is 4.33. The van der Waals surface area contributed by atoms with Crippen LogP contribution in [-0.4, -0.2) is 27.1 Å². The van der Waals surface area contributed by atoms with Crippen molar-refractivity contribution >= 4 is 40.0 Å². The number of benzene rings is 1. The van der Waals surface area contributed by atoms with Crippen molar-refractivity contribution in [2.24, 2.45) is 14.1 Å². The van der Waals surface area contributed by atoms with Gasteiger partial charge in [0.15, 0.2) is 5.65 Å². The van der Waals surface area contributed by atoms with E-state index in [-0.39, 0.29) is 22.4 Å². The molecule has 29 heavy (non-hydrogen) atoms. The average Bonchev–Trinajstić information content (AvgIpc) is 2.69. The molecule has 0 aliphatic rings. The van der Waals surface area contributed by atoms with Crippen molar-refractivity contribution < 1.29 is 9.53 Å². The average molecular weight is 418 g/mol. The summed E-state index contributed by atoms with van der Waals surface area (Å²) in [6, 6.07) is 4.78. The summed E-state index contributed by atoms with van der Waals surface area (Å²) in [6.07, 6.45) is 0.325. The number of pyridine rings is 1. The van der Waals surface area contributed by atoms with Crippen LogP contribution in [0.2, 0.25) is 5.02 Å². The van der Waals surface area contributed by atoms with E-state index in [4.69, 9.17) is 22.1 Å². The predicted octanol–water partition coefficient (Wildman–Crippen LogP) is 1.69. The summed E-state index contributed by atoms with van der Waals surface area (Å²) in [5.74, 6) is -0.243. The standard InChI is InChI=1S/C19H20ClN5O4/c1-5-10-13(17(26)22-11-8-9(20)6-7-12(11)29-4)15(21)23-16-14(10)18(27)25(3)19(28)24(16)2/h6-8H,5H2,1-4H3,(H2,21,23)(H,22,26). The van der Waals surface area contributed by atoms with Gasteiger partial charge in [-0.1, -0.05) is 18.5 Å². The summed E-state index contributed by atoms with van der Waals surface area (Å²) in [6.45, 7) is 1.79. The molecule has 3 aromatic rings. The van der Waals surface area contributed by atoms with E-state index < -0.39 is 17.2 Å². The van der Waals surface area contributed by atoms with Crippen molar-refractivity contribution in [3.8, 4) is 5.75 Å². The lowest BCUT2D eigenvalue weighted by molar-refractivity contribution is 0.102. The maximum atomic E-state index is 13.1. The number of rotatable bonds is 4. The van der Waals surface area contributed by atoms with Gasteiger partial charge in [0.2, 0.25) is 0 Å². The molecule has 0 atom stereocenters. The number of amides is 1. The van der Waals surface area contributed by atoms with Crippen molar-refractivity contribution in [2.45, 2.75) is 13.3 Å². The van der Waals surface area contributed by atoms with Crippen LogP contribution in [0.5, 0.6) is 5.75 Å². The van der Waals surface area contributed by atoms with E-state index in [1.807, 2.05) is 0 Å². The molecular formula is C19H20ClN5O4. The highest BCUT2D eigenvalue weighted by Gasteiger charge is 2.24. The van der Waals surface area contributed by atoms with Crippen LogP contribution in [0.1, 0.15) is 22.8 Å². The summed E-state index contributed by atoms with van der Waals surface area (Å²) in [4.78, 5) is 42.2. The van der Waals surface area contributed by atoms with E-state index in [1.54, 1.807) is 19.1 Å². The molecular weight excluding hydrogens is 398 g/mol. The molecule has 0 radical (unpaired) electrons. The first-order valence-electron chi connectivity index (χ1n) is 8.74. The first-order valence-corrected chi connectivity index (χ1v) is 9.12. The molecule has 1 aromatic carbocycles. The first kappa shape index (κ1) is 20.4. The SMILES string of the molecule is CCc1c(C(=O)Nc2cc(Cl)ccc2OC)c(N)nc2c1c(=O)n(C)c(=O)n2C. The molecule has 0 saturated carbocycles. The third kappa shape index (κ3) is 3.33. The van der Waals surface area contributed by atoms with E-state index in [2.05, 4.69) is 10.3 Å². The Morgan fingerprint density at radius 1 is 1.28 bits per heavy atom. The molecule has 2 heterocycles. The number of hydrogen-bond donors (Lipinski definition) is 2. The number of nitrogens with two attached hydrogens (primary N) is 1. The molecule has 1 amide bonds. The van der Waals surface area contributed by atoms with Gasteiger partial charge in [0, 0.05) is 19.1 Å². The highest BCUT2D eigenvalue weighted by Crippen LogP contribution is 2.30. The van der Waals surface area contributed by atoms with Gasteiger partial charge in [0.1, 0.15) is 11.6 Å². The van der Waals surface area contributed by atoms with Gasteiger partial charge in [0.05, 0.1) is 23.7 Å². The zero-order chi connectivity index (χ0) is 21.5. The second kappa shape index (κ2) is 7.59. The highest BCUT2D eigenvalue weighted by atomic mass is 35.5. The van der Waals surface area contributed by atoms with Crippen LogP contribution in [0.4, 0.5) is 11.5 Å². The number of carbonyl (C=O) groups is 1. The van der Waals surface area contributed by atoms with Crippen LogP contribution in [0, 0.1) is 0 Å². The molecule has 0 unspecified atom stereocenters. The lowest BCUT2D eigenvalue weighted by Gasteiger charge is -2.16. The van der Waals surface area contributed by atoms with Crippen molar-refractivity contribution in [2.75, 3.05) is 18.2 Å².